The Morgan fingerprint density at radius 3 is 2.40 bits per heavy atom. The summed E-state index contributed by atoms with van der Waals surface area (Å²) in [5.41, 5.74) is 2.11. The van der Waals surface area contributed by atoms with Crippen LogP contribution in [-0.4, -0.2) is 0 Å². The number of para-hydroxylation sites is 1. The van der Waals surface area contributed by atoms with Gasteiger partial charge in [0.1, 0.15) is 12.4 Å². The minimum atomic E-state index is 0.0364. The Hall–Kier alpha value is -1.18. The molecule has 1 nitrogen and oxygen atoms in total. The number of hydrogen-bond acceptors (Lipinski definition) is 1. The smallest absolute Gasteiger partial charge is 0.123 e. The summed E-state index contributed by atoms with van der Waals surface area (Å²) >= 11 is 12.1. The Balaban J connectivity index is 2.21. The van der Waals surface area contributed by atoms with Gasteiger partial charge in [0.2, 0.25) is 0 Å². The number of hydrogen-bond donors (Lipinski definition) is 0. The average Bonchev–Trinajstić information content (AvgIpc) is 2.39. The van der Waals surface area contributed by atoms with Crippen molar-refractivity contribution >= 4 is 23.2 Å². The van der Waals surface area contributed by atoms with Crippen LogP contribution in [0.4, 0.5) is 0 Å². The minimum absolute atomic E-state index is 0.0364. The molecule has 0 saturated carbocycles. The van der Waals surface area contributed by atoms with Gasteiger partial charge in [-0.1, -0.05) is 62.2 Å². The molecule has 0 aliphatic carbocycles. The van der Waals surface area contributed by atoms with E-state index in [1.54, 1.807) is 12.1 Å². The molecule has 0 aromatic heterocycles. The third kappa shape index (κ3) is 3.68. The van der Waals surface area contributed by atoms with Crippen molar-refractivity contribution in [3.05, 3.63) is 63.6 Å². The molecule has 0 N–H and O–H groups in total. The lowest BCUT2D eigenvalue weighted by atomic mass is 9.86. The van der Waals surface area contributed by atoms with Crippen molar-refractivity contribution in [3.8, 4) is 5.75 Å². The van der Waals surface area contributed by atoms with Crippen LogP contribution in [0.15, 0.2) is 42.5 Å². The summed E-state index contributed by atoms with van der Waals surface area (Å²) in [4.78, 5) is 0. The van der Waals surface area contributed by atoms with Crippen molar-refractivity contribution in [1.82, 2.24) is 0 Å². The van der Waals surface area contributed by atoms with Crippen molar-refractivity contribution in [2.45, 2.75) is 32.8 Å². The highest BCUT2D eigenvalue weighted by Crippen LogP contribution is 2.32. The van der Waals surface area contributed by atoms with Crippen LogP contribution in [0.2, 0.25) is 10.0 Å². The van der Waals surface area contributed by atoms with Gasteiger partial charge in [-0.25, -0.2) is 0 Å². The zero-order valence-electron chi connectivity index (χ0n) is 11.9. The van der Waals surface area contributed by atoms with E-state index < -0.39 is 0 Å². The molecule has 0 atom stereocenters. The highest BCUT2D eigenvalue weighted by Gasteiger charge is 2.18. The van der Waals surface area contributed by atoms with Gasteiger partial charge in [-0.15, -0.1) is 0 Å². The molecule has 0 spiro atoms. The van der Waals surface area contributed by atoms with Gasteiger partial charge in [0.05, 0.1) is 0 Å². The summed E-state index contributed by atoms with van der Waals surface area (Å²) < 4.78 is 5.94. The second-order valence-corrected chi connectivity index (χ2v) is 6.61. The SMILES string of the molecule is CC(C)(C)c1ccccc1OCc1cc(Cl)ccc1Cl. The number of halogens is 2. The molecule has 0 radical (unpaired) electrons. The van der Waals surface area contributed by atoms with Gasteiger partial charge < -0.3 is 4.74 Å². The molecule has 0 saturated heterocycles. The monoisotopic (exact) mass is 308 g/mol. The van der Waals surface area contributed by atoms with E-state index in [2.05, 4.69) is 26.8 Å². The van der Waals surface area contributed by atoms with Gasteiger partial charge in [0.15, 0.2) is 0 Å². The lowest BCUT2D eigenvalue weighted by Gasteiger charge is -2.22. The maximum absolute atomic E-state index is 6.15. The predicted octanol–water partition coefficient (Wildman–Crippen LogP) is 5.87. The topological polar surface area (TPSA) is 9.23 Å². The lowest BCUT2D eigenvalue weighted by Crippen LogP contribution is -2.13. The molecule has 0 aliphatic heterocycles. The van der Waals surface area contributed by atoms with Crippen molar-refractivity contribution in [2.75, 3.05) is 0 Å². The van der Waals surface area contributed by atoms with E-state index in [1.165, 1.54) is 5.56 Å². The third-order valence-electron chi connectivity index (χ3n) is 3.09. The normalized spacial score (nSPS) is 11.4. The Labute approximate surface area is 130 Å². The van der Waals surface area contributed by atoms with E-state index in [0.717, 1.165) is 11.3 Å². The van der Waals surface area contributed by atoms with Gasteiger partial charge in [0.25, 0.3) is 0 Å². The first-order valence-corrected chi connectivity index (χ1v) is 7.30. The Bertz CT molecular complexity index is 600. The van der Waals surface area contributed by atoms with Gasteiger partial charge in [-0.3, -0.25) is 0 Å². The minimum Gasteiger partial charge on any atom is -0.489 e. The Kier molecular flexibility index (Phi) is 4.62. The van der Waals surface area contributed by atoms with E-state index >= 15 is 0 Å². The molecule has 0 amide bonds. The molecular formula is C17H18Cl2O. The Morgan fingerprint density at radius 2 is 1.70 bits per heavy atom. The maximum Gasteiger partial charge on any atom is 0.123 e. The number of benzene rings is 2. The first kappa shape index (κ1) is 15.2. The van der Waals surface area contributed by atoms with Crippen LogP contribution in [0.1, 0.15) is 31.9 Å². The maximum atomic E-state index is 6.15. The van der Waals surface area contributed by atoms with Gasteiger partial charge >= 0.3 is 0 Å². The van der Waals surface area contributed by atoms with Crippen LogP contribution >= 0.6 is 23.2 Å². The summed E-state index contributed by atoms with van der Waals surface area (Å²) in [6.07, 6.45) is 0. The van der Waals surface area contributed by atoms with Crippen LogP contribution < -0.4 is 4.74 Å². The van der Waals surface area contributed by atoms with Gasteiger partial charge in [-0.2, -0.15) is 0 Å². The van der Waals surface area contributed by atoms with E-state index in [1.807, 2.05) is 24.3 Å². The Morgan fingerprint density at radius 1 is 1.00 bits per heavy atom. The lowest BCUT2D eigenvalue weighted by molar-refractivity contribution is 0.297. The largest absolute Gasteiger partial charge is 0.489 e. The van der Waals surface area contributed by atoms with Gasteiger partial charge in [0, 0.05) is 15.6 Å². The fraction of sp³-hybridized carbons (Fsp3) is 0.294. The van der Waals surface area contributed by atoms with E-state index in [0.29, 0.717) is 16.7 Å². The summed E-state index contributed by atoms with van der Waals surface area (Å²) in [5, 5.41) is 1.33. The summed E-state index contributed by atoms with van der Waals surface area (Å²) in [5.74, 6) is 0.885. The highest BCUT2D eigenvalue weighted by atomic mass is 35.5. The molecule has 0 unspecified atom stereocenters. The molecule has 3 heteroatoms. The molecule has 2 aromatic carbocycles. The number of ether oxygens (including phenoxy) is 1. The fourth-order valence-electron chi connectivity index (χ4n) is 2.02. The molecule has 20 heavy (non-hydrogen) atoms. The quantitative estimate of drug-likeness (QED) is 0.689. The molecule has 0 aliphatic rings. The zero-order chi connectivity index (χ0) is 14.8. The zero-order valence-corrected chi connectivity index (χ0v) is 13.4. The molecule has 0 heterocycles. The third-order valence-corrected chi connectivity index (χ3v) is 3.69. The van der Waals surface area contributed by atoms with Crippen molar-refractivity contribution in [2.24, 2.45) is 0 Å². The first-order chi connectivity index (χ1) is 9.38. The molecule has 2 aromatic rings. The van der Waals surface area contributed by atoms with Crippen molar-refractivity contribution < 1.29 is 4.74 Å². The summed E-state index contributed by atoms with van der Waals surface area (Å²) in [7, 11) is 0. The van der Waals surface area contributed by atoms with Gasteiger partial charge in [-0.05, 0) is 35.2 Å². The second kappa shape index (κ2) is 6.07. The fourth-order valence-corrected chi connectivity index (χ4v) is 2.39. The summed E-state index contributed by atoms with van der Waals surface area (Å²) in [6, 6.07) is 13.5. The van der Waals surface area contributed by atoms with E-state index in [-0.39, 0.29) is 5.41 Å². The molecule has 0 bridgehead atoms. The van der Waals surface area contributed by atoms with Crippen LogP contribution in [0.25, 0.3) is 0 Å². The number of rotatable bonds is 3. The molecule has 0 fully saturated rings. The molecular weight excluding hydrogens is 291 g/mol. The van der Waals surface area contributed by atoms with Crippen LogP contribution in [0, 0.1) is 0 Å². The highest BCUT2D eigenvalue weighted by molar-refractivity contribution is 6.33. The second-order valence-electron chi connectivity index (χ2n) is 5.77. The van der Waals surface area contributed by atoms with Crippen molar-refractivity contribution in [3.63, 3.8) is 0 Å². The van der Waals surface area contributed by atoms with Crippen LogP contribution in [0.5, 0.6) is 5.75 Å². The predicted molar refractivity (Wildman–Crippen MR) is 85.9 cm³/mol. The van der Waals surface area contributed by atoms with Crippen LogP contribution in [0.3, 0.4) is 0 Å². The standard InChI is InChI=1S/C17H18Cl2O/c1-17(2,3)14-6-4-5-7-16(14)20-11-12-10-13(18)8-9-15(12)19/h4-10H,11H2,1-3H3. The van der Waals surface area contributed by atoms with E-state index in [9.17, 15) is 0 Å². The summed E-state index contributed by atoms with van der Waals surface area (Å²) in [6.45, 7) is 6.91. The molecule has 106 valence electrons. The van der Waals surface area contributed by atoms with Crippen molar-refractivity contribution in [1.29, 1.82) is 0 Å². The van der Waals surface area contributed by atoms with Crippen LogP contribution in [-0.2, 0) is 12.0 Å². The van der Waals surface area contributed by atoms with E-state index in [4.69, 9.17) is 27.9 Å². The molecule has 2 rings (SSSR count). The average molecular weight is 309 g/mol. The first-order valence-electron chi connectivity index (χ1n) is 6.54.